The van der Waals surface area contributed by atoms with Gasteiger partial charge in [0.15, 0.2) is 5.82 Å². The molecule has 0 atom stereocenters. The zero-order valence-electron chi connectivity index (χ0n) is 21.0. The third-order valence-electron chi connectivity index (χ3n) is 5.53. The van der Waals surface area contributed by atoms with Gasteiger partial charge in [0, 0.05) is 16.9 Å². The van der Waals surface area contributed by atoms with Gasteiger partial charge in [-0.15, -0.1) is 5.10 Å². The van der Waals surface area contributed by atoms with Crippen molar-refractivity contribution in [1.82, 2.24) is 18.9 Å². The van der Waals surface area contributed by atoms with E-state index >= 15 is 4.39 Å². The Morgan fingerprint density at radius 2 is 1.91 bits per heavy atom. The number of para-hydroxylation sites is 1. The van der Waals surface area contributed by atoms with E-state index in [1.54, 1.807) is 25.3 Å². The van der Waals surface area contributed by atoms with Gasteiger partial charge in [-0.1, -0.05) is 32.0 Å². The molecule has 2 aromatic heterocycles. The SMILES string of the molecule is [2H]C([2H])([2H])c1ccccc1-n1cc(C(C)C)c2cc(-n3nc(CO)n(CC)c3=O)c(F)cc2c1=O. The summed E-state index contributed by atoms with van der Waals surface area (Å²) in [6.07, 6.45) is 1.56. The molecule has 4 aromatic rings. The van der Waals surface area contributed by atoms with Gasteiger partial charge in [-0.05, 0) is 54.4 Å². The molecule has 4 rings (SSSR count). The van der Waals surface area contributed by atoms with Gasteiger partial charge in [0.2, 0.25) is 0 Å². The molecule has 2 heterocycles. The summed E-state index contributed by atoms with van der Waals surface area (Å²) in [6.45, 7) is 2.79. The lowest BCUT2D eigenvalue weighted by Gasteiger charge is -2.17. The van der Waals surface area contributed by atoms with E-state index in [1.165, 1.54) is 27.3 Å². The van der Waals surface area contributed by atoms with Crippen molar-refractivity contribution in [2.24, 2.45) is 0 Å². The highest BCUT2D eigenvalue weighted by Crippen LogP contribution is 2.28. The van der Waals surface area contributed by atoms with Crippen LogP contribution in [0, 0.1) is 12.7 Å². The van der Waals surface area contributed by atoms with Gasteiger partial charge in [0.05, 0.1) is 11.1 Å². The number of aryl methyl sites for hydroxylation is 1. The van der Waals surface area contributed by atoms with Crippen LogP contribution in [0.15, 0.2) is 52.2 Å². The van der Waals surface area contributed by atoms with E-state index in [1.807, 2.05) is 13.8 Å². The van der Waals surface area contributed by atoms with Crippen molar-refractivity contribution in [2.45, 2.75) is 46.7 Å². The summed E-state index contributed by atoms with van der Waals surface area (Å²) in [5.41, 5.74) is -0.495. The Morgan fingerprint density at radius 3 is 2.53 bits per heavy atom. The van der Waals surface area contributed by atoms with Crippen molar-refractivity contribution in [3.63, 3.8) is 0 Å². The van der Waals surface area contributed by atoms with Crippen molar-refractivity contribution in [2.75, 3.05) is 0 Å². The number of aliphatic hydroxyl groups excluding tert-OH is 1. The molecule has 32 heavy (non-hydrogen) atoms. The number of fused-ring (bicyclic) bond motifs is 1. The van der Waals surface area contributed by atoms with Crippen LogP contribution in [0.2, 0.25) is 0 Å². The maximum absolute atomic E-state index is 15.3. The minimum Gasteiger partial charge on any atom is -0.388 e. The van der Waals surface area contributed by atoms with Crippen LogP contribution in [0.3, 0.4) is 0 Å². The molecule has 0 fully saturated rings. The normalized spacial score (nSPS) is 13.4. The quantitative estimate of drug-likeness (QED) is 0.517. The van der Waals surface area contributed by atoms with Gasteiger partial charge in [-0.2, -0.15) is 4.68 Å². The smallest absolute Gasteiger partial charge is 0.350 e. The first-order valence-electron chi connectivity index (χ1n) is 11.8. The van der Waals surface area contributed by atoms with E-state index in [0.717, 1.165) is 10.7 Å². The summed E-state index contributed by atoms with van der Waals surface area (Å²) in [4.78, 5) is 26.3. The van der Waals surface area contributed by atoms with E-state index in [2.05, 4.69) is 5.10 Å². The molecule has 7 nitrogen and oxygen atoms in total. The Labute approximate surface area is 188 Å². The Kier molecular flexibility index (Phi) is 4.63. The van der Waals surface area contributed by atoms with Gasteiger partial charge >= 0.3 is 5.69 Å². The molecule has 0 bridgehead atoms. The number of nitrogens with zero attached hydrogens (tertiary/aromatic N) is 4. The second-order valence-corrected chi connectivity index (χ2v) is 7.79. The van der Waals surface area contributed by atoms with Gasteiger partial charge < -0.3 is 5.11 Å². The molecule has 0 spiro atoms. The number of aliphatic hydroxyl groups is 1. The first-order chi connectivity index (χ1) is 16.5. The minimum atomic E-state index is -2.46. The molecule has 166 valence electrons. The van der Waals surface area contributed by atoms with Crippen LogP contribution in [0.1, 0.15) is 47.8 Å². The van der Waals surface area contributed by atoms with Crippen LogP contribution >= 0.6 is 0 Å². The van der Waals surface area contributed by atoms with Crippen molar-refractivity contribution in [1.29, 1.82) is 0 Å². The summed E-state index contributed by atoms with van der Waals surface area (Å²) in [6, 6.07) is 8.64. The lowest BCUT2D eigenvalue weighted by atomic mass is 9.97. The summed E-state index contributed by atoms with van der Waals surface area (Å²) < 4.78 is 42.3. The second-order valence-electron chi connectivity index (χ2n) is 7.79. The van der Waals surface area contributed by atoms with E-state index in [4.69, 9.17) is 4.11 Å². The predicted molar refractivity (Wildman–Crippen MR) is 121 cm³/mol. The van der Waals surface area contributed by atoms with Gasteiger partial charge in [-0.3, -0.25) is 13.9 Å². The minimum absolute atomic E-state index is 0.00133. The molecule has 0 amide bonds. The average molecular weight is 440 g/mol. The highest BCUT2D eigenvalue weighted by Gasteiger charge is 2.20. The number of hydrogen-bond donors (Lipinski definition) is 1. The standard InChI is InChI=1S/C24H25FN4O3/c1-5-27-22(13-30)26-29(24(27)32)21-11-16-17(10-19(21)25)23(31)28(12-18(16)14(2)3)20-9-7-6-8-15(20)4/h6-12,14,30H,5,13H2,1-4H3/i4D3. The summed E-state index contributed by atoms with van der Waals surface area (Å²) in [7, 11) is 0. The first kappa shape index (κ1) is 18.1. The summed E-state index contributed by atoms with van der Waals surface area (Å²) >= 11 is 0. The largest absolute Gasteiger partial charge is 0.388 e. The molecule has 0 aliphatic rings. The fourth-order valence-electron chi connectivity index (χ4n) is 3.89. The Morgan fingerprint density at radius 1 is 1.16 bits per heavy atom. The van der Waals surface area contributed by atoms with E-state index in [0.29, 0.717) is 10.9 Å². The highest BCUT2D eigenvalue weighted by molar-refractivity contribution is 5.87. The number of halogens is 1. The van der Waals surface area contributed by atoms with E-state index < -0.39 is 30.5 Å². The van der Waals surface area contributed by atoms with Crippen LogP contribution in [0.4, 0.5) is 4.39 Å². The molecule has 0 aliphatic heterocycles. The predicted octanol–water partition coefficient (Wildman–Crippen LogP) is 3.42. The van der Waals surface area contributed by atoms with Crippen LogP contribution in [-0.4, -0.2) is 24.0 Å². The van der Waals surface area contributed by atoms with Crippen molar-refractivity contribution in [3.8, 4) is 11.4 Å². The molecule has 0 radical (unpaired) electrons. The van der Waals surface area contributed by atoms with E-state index in [9.17, 15) is 14.7 Å². The second kappa shape index (κ2) is 8.20. The third-order valence-corrected chi connectivity index (χ3v) is 5.53. The number of rotatable bonds is 5. The van der Waals surface area contributed by atoms with Crippen molar-refractivity contribution < 1.29 is 13.6 Å². The van der Waals surface area contributed by atoms with Crippen molar-refractivity contribution in [3.05, 3.63) is 86.2 Å². The fourth-order valence-corrected chi connectivity index (χ4v) is 3.89. The summed E-state index contributed by atoms with van der Waals surface area (Å²) in [5, 5.41) is 14.1. The molecule has 1 N–H and O–H groups in total. The Balaban J connectivity index is 2.06. The molecular formula is C24H25FN4O3. The lowest BCUT2D eigenvalue weighted by Crippen LogP contribution is -2.25. The number of hydrogen-bond acceptors (Lipinski definition) is 4. The molecule has 2 aromatic carbocycles. The lowest BCUT2D eigenvalue weighted by molar-refractivity contribution is 0.264. The molecule has 0 unspecified atom stereocenters. The van der Waals surface area contributed by atoms with Gasteiger partial charge in [-0.25, -0.2) is 9.18 Å². The van der Waals surface area contributed by atoms with E-state index in [-0.39, 0.29) is 40.6 Å². The van der Waals surface area contributed by atoms with Crippen LogP contribution in [0.25, 0.3) is 22.1 Å². The Hall–Kier alpha value is -3.52. The molecular weight excluding hydrogens is 411 g/mol. The maximum atomic E-state index is 15.3. The van der Waals surface area contributed by atoms with Crippen molar-refractivity contribution >= 4 is 10.8 Å². The molecule has 0 saturated carbocycles. The number of benzene rings is 2. The molecule has 0 saturated heterocycles. The van der Waals surface area contributed by atoms with Crippen LogP contribution in [0.5, 0.6) is 0 Å². The first-order valence-corrected chi connectivity index (χ1v) is 10.3. The van der Waals surface area contributed by atoms with Crippen LogP contribution < -0.4 is 11.2 Å². The Bertz CT molecular complexity index is 1550. The van der Waals surface area contributed by atoms with Gasteiger partial charge in [0.25, 0.3) is 5.56 Å². The zero-order chi connectivity index (χ0) is 25.7. The maximum Gasteiger partial charge on any atom is 0.350 e. The highest BCUT2D eigenvalue weighted by atomic mass is 19.1. The van der Waals surface area contributed by atoms with Gasteiger partial charge in [0.1, 0.15) is 18.1 Å². The average Bonchev–Trinajstić information content (AvgIpc) is 3.13. The summed E-state index contributed by atoms with van der Waals surface area (Å²) in [5.74, 6) is -0.878. The third kappa shape index (κ3) is 3.36. The monoisotopic (exact) mass is 439 g/mol. The number of pyridine rings is 1. The topological polar surface area (TPSA) is 82.1 Å². The molecule has 0 aliphatic carbocycles. The molecule has 8 heteroatoms. The fraction of sp³-hybridized carbons (Fsp3) is 0.292. The zero-order valence-corrected chi connectivity index (χ0v) is 18.0. The van der Waals surface area contributed by atoms with Crippen LogP contribution in [-0.2, 0) is 13.2 Å². The number of aromatic nitrogens is 4.